The van der Waals surface area contributed by atoms with Gasteiger partial charge in [0.1, 0.15) is 0 Å². The third-order valence-electron chi connectivity index (χ3n) is 4.53. The number of carbonyl (C=O) groups excluding carboxylic acids is 1. The molecule has 0 atom stereocenters. The molecule has 27 heavy (non-hydrogen) atoms. The van der Waals surface area contributed by atoms with Gasteiger partial charge < -0.3 is 10.1 Å². The van der Waals surface area contributed by atoms with Crippen LogP contribution in [0.4, 0.5) is 0 Å². The molecule has 2 heterocycles. The maximum atomic E-state index is 12.8. The number of pyridine rings is 1. The number of nitrogens with one attached hydrogen (secondary N) is 1. The summed E-state index contributed by atoms with van der Waals surface area (Å²) in [6.07, 6.45) is 2.77. The van der Waals surface area contributed by atoms with Crippen molar-refractivity contribution in [2.45, 2.75) is 33.3 Å². The van der Waals surface area contributed by atoms with Gasteiger partial charge in [-0.1, -0.05) is 18.2 Å². The van der Waals surface area contributed by atoms with Crippen molar-refractivity contribution in [2.24, 2.45) is 7.05 Å². The highest BCUT2D eigenvalue weighted by molar-refractivity contribution is 6.07. The van der Waals surface area contributed by atoms with Gasteiger partial charge in [-0.15, -0.1) is 0 Å². The molecule has 0 saturated carbocycles. The van der Waals surface area contributed by atoms with Crippen LogP contribution in [0.3, 0.4) is 0 Å². The average Bonchev–Trinajstić information content (AvgIpc) is 2.99. The van der Waals surface area contributed by atoms with E-state index >= 15 is 0 Å². The van der Waals surface area contributed by atoms with E-state index in [-0.39, 0.29) is 12.0 Å². The van der Waals surface area contributed by atoms with Gasteiger partial charge in [-0.3, -0.25) is 9.48 Å². The number of aromatic nitrogens is 3. The fourth-order valence-electron chi connectivity index (χ4n) is 2.94. The number of nitrogens with zero attached hydrogens (tertiary/aromatic N) is 3. The molecule has 2 aromatic heterocycles. The van der Waals surface area contributed by atoms with Gasteiger partial charge >= 0.3 is 0 Å². The maximum Gasteiger partial charge on any atom is 0.252 e. The molecule has 0 fully saturated rings. The Hall–Kier alpha value is -2.73. The van der Waals surface area contributed by atoms with Crippen molar-refractivity contribution >= 4 is 16.8 Å². The molecular weight excluding hydrogens is 340 g/mol. The first-order chi connectivity index (χ1) is 13.0. The first kappa shape index (κ1) is 19.0. The molecule has 0 aliphatic carbocycles. The van der Waals surface area contributed by atoms with Gasteiger partial charge in [0.2, 0.25) is 0 Å². The van der Waals surface area contributed by atoms with Crippen LogP contribution in [0, 0.1) is 6.92 Å². The molecule has 142 valence electrons. The summed E-state index contributed by atoms with van der Waals surface area (Å²) < 4.78 is 7.33. The number of hydrogen-bond acceptors (Lipinski definition) is 4. The standard InChI is InChI=1S/C21H26N4O2/c1-14(2)27-11-7-10-22-21(26)17-12-20(18-13-23-25(4)15(18)3)24-19-9-6-5-8-16(17)19/h5-6,8-9,12-14H,7,10-11H2,1-4H3,(H,22,26). The normalized spacial score (nSPS) is 11.3. The molecule has 6 nitrogen and oxygen atoms in total. The highest BCUT2D eigenvalue weighted by atomic mass is 16.5. The molecule has 0 spiro atoms. The summed E-state index contributed by atoms with van der Waals surface area (Å²) in [5.41, 5.74) is 4.13. The van der Waals surface area contributed by atoms with Crippen LogP contribution >= 0.6 is 0 Å². The third kappa shape index (κ3) is 4.34. The lowest BCUT2D eigenvalue weighted by molar-refractivity contribution is 0.0757. The largest absolute Gasteiger partial charge is 0.379 e. The number of rotatable bonds is 7. The molecule has 0 saturated heterocycles. The number of para-hydroxylation sites is 1. The van der Waals surface area contributed by atoms with Gasteiger partial charge in [-0.05, 0) is 39.3 Å². The van der Waals surface area contributed by atoms with Crippen LogP contribution < -0.4 is 5.32 Å². The summed E-state index contributed by atoms with van der Waals surface area (Å²) in [6, 6.07) is 9.56. The average molecular weight is 366 g/mol. The van der Waals surface area contributed by atoms with Crippen molar-refractivity contribution in [3.05, 3.63) is 47.8 Å². The molecule has 1 N–H and O–H groups in total. The molecule has 0 bridgehead atoms. The lowest BCUT2D eigenvalue weighted by Crippen LogP contribution is -2.26. The van der Waals surface area contributed by atoms with E-state index in [0.717, 1.165) is 34.3 Å². The van der Waals surface area contributed by atoms with Crippen LogP contribution in [0.1, 0.15) is 36.3 Å². The SMILES string of the molecule is Cc1c(-c2cc(C(=O)NCCCOC(C)C)c3ccccc3n2)cnn1C. The van der Waals surface area contributed by atoms with Crippen LogP contribution in [0.5, 0.6) is 0 Å². The van der Waals surface area contributed by atoms with Crippen molar-refractivity contribution in [3.63, 3.8) is 0 Å². The number of amides is 1. The van der Waals surface area contributed by atoms with Crippen LogP contribution in [0.2, 0.25) is 0 Å². The molecule has 0 aliphatic heterocycles. The summed E-state index contributed by atoms with van der Waals surface area (Å²) in [7, 11) is 1.90. The van der Waals surface area contributed by atoms with E-state index in [4.69, 9.17) is 9.72 Å². The number of benzene rings is 1. The van der Waals surface area contributed by atoms with Crippen LogP contribution in [-0.4, -0.2) is 39.9 Å². The molecule has 3 aromatic rings. The van der Waals surface area contributed by atoms with Crippen molar-refractivity contribution in [3.8, 4) is 11.3 Å². The minimum Gasteiger partial charge on any atom is -0.379 e. The summed E-state index contributed by atoms with van der Waals surface area (Å²) in [4.78, 5) is 17.6. The second kappa shape index (κ2) is 8.31. The zero-order valence-corrected chi connectivity index (χ0v) is 16.3. The Kier molecular flexibility index (Phi) is 5.86. The second-order valence-electron chi connectivity index (χ2n) is 6.87. The Morgan fingerprint density at radius 1 is 1.30 bits per heavy atom. The van der Waals surface area contributed by atoms with E-state index in [1.54, 1.807) is 10.9 Å². The lowest BCUT2D eigenvalue weighted by atomic mass is 10.0. The number of aryl methyl sites for hydroxylation is 1. The zero-order chi connectivity index (χ0) is 19.4. The molecule has 0 aliphatic rings. The van der Waals surface area contributed by atoms with E-state index < -0.39 is 0 Å². The minimum atomic E-state index is -0.0964. The van der Waals surface area contributed by atoms with Gasteiger partial charge in [-0.2, -0.15) is 5.10 Å². The van der Waals surface area contributed by atoms with E-state index in [2.05, 4.69) is 10.4 Å². The fourth-order valence-corrected chi connectivity index (χ4v) is 2.94. The predicted octanol–water partition coefficient (Wildman–Crippen LogP) is 3.49. The summed E-state index contributed by atoms with van der Waals surface area (Å²) in [5.74, 6) is -0.0964. The van der Waals surface area contributed by atoms with Crippen LogP contribution in [-0.2, 0) is 11.8 Å². The number of ether oxygens (including phenoxy) is 1. The maximum absolute atomic E-state index is 12.8. The molecule has 3 rings (SSSR count). The first-order valence-electron chi connectivity index (χ1n) is 9.26. The zero-order valence-electron chi connectivity index (χ0n) is 16.3. The molecule has 0 radical (unpaired) electrons. The van der Waals surface area contributed by atoms with Crippen molar-refractivity contribution in [2.75, 3.05) is 13.2 Å². The monoisotopic (exact) mass is 366 g/mol. The Labute approximate surface area is 159 Å². The minimum absolute atomic E-state index is 0.0964. The number of hydrogen-bond donors (Lipinski definition) is 1. The fraction of sp³-hybridized carbons (Fsp3) is 0.381. The van der Waals surface area contributed by atoms with Crippen molar-refractivity contribution in [1.29, 1.82) is 0 Å². The number of carbonyl (C=O) groups is 1. The third-order valence-corrected chi connectivity index (χ3v) is 4.53. The van der Waals surface area contributed by atoms with Gasteiger partial charge in [-0.25, -0.2) is 4.98 Å². The molecule has 0 unspecified atom stereocenters. The molecule has 1 aromatic carbocycles. The summed E-state index contributed by atoms with van der Waals surface area (Å²) >= 11 is 0. The van der Waals surface area contributed by atoms with Crippen molar-refractivity contribution in [1.82, 2.24) is 20.1 Å². The summed E-state index contributed by atoms with van der Waals surface area (Å²) in [6.45, 7) is 7.21. The summed E-state index contributed by atoms with van der Waals surface area (Å²) in [5, 5.41) is 8.14. The molecule has 1 amide bonds. The van der Waals surface area contributed by atoms with E-state index in [0.29, 0.717) is 18.7 Å². The van der Waals surface area contributed by atoms with Gasteiger partial charge in [0.15, 0.2) is 0 Å². The Balaban J connectivity index is 1.87. The van der Waals surface area contributed by atoms with E-state index in [1.165, 1.54) is 0 Å². The highest BCUT2D eigenvalue weighted by Crippen LogP contribution is 2.26. The quantitative estimate of drug-likeness (QED) is 0.650. The van der Waals surface area contributed by atoms with Crippen molar-refractivity contribution < 1.29 is 9.53 Å². The van der Waals surface area contributed by atoms with Gasteiger partial charge in [0, 0.05) is 36.8 Å². The van der Waals surface area contributed by atoms with Crippen LogP contribution in [0.25, 0.3) is 22.2 Å². The highest BCUT2D eigenvalue weighted by Gasteiger charge is 2.16. The predicted molar refractivity (Wildman–Crippen MR) is 107 cm³/mol. The molecular formula is C21H26N4O2. The Morgan fingerprint density at radius 2 is 2.07 bits per heavy atom. The first-order valence-corrected chi connectivity index (χ1v) is 9.26. The van der Waals surface area contributed by atoms with Gasteiger partial charge in [0.25, 0.3) is 5.91 Å². The Morgan fingerprint density at radius 3 is 2.78 bits per heavy atom. The van der Waals surface area contributed by atoms with E-state index in [9.17, 15) is 4.79 Å². The molecule has 6 heteroatoms. The lowest BCUT2D eigenvalue weighted by Gasteiger charge is -2.11. The Bertz CT molecular complexity index is 947. The van der Waals surface area contributed by atoms with E-state index in [1.807, 2.05) is 58.2 Å². The smallest absolute Gasteiger partial charge is 0.252 e. The topological polar surface area (TPSA) is 69.0 Å². The second-order valence-corrected chi connectivity index (χ2v) is 6.87. The van der Waals surface area contributed by atoms with Crippen LogP contribution in [0.15, 0.2) is 36.5 Å². The van der Waals surface area contributed by atoms with Gasteiger partial charge in [0.05, 0.1) is 29.1 Å². The number of fused-ring (bicyclic) bond motifs is 1.